The van der Waals surface area contributed by atoms with Gasteiger partial charge < -0.3 is 14.6 Å². The molecule has 5 rings (SSSR count). The second-order valence-electron chi connectivity index (χ2n) is 9.63. The summed E-state index contributed by atoms with van der Waals surface area (Å²) in [6.45, 7) is 8.73. The third-order valence-electron chi connectivity index (χ3n) is 6.79. The second kappa shape index (κ2) is 10.1. The zero-order valence-corrected chi connectivity index (χ0v) is 21.1. The van der Waals surface area contributed by atoms with Gasteiger partial charge in [-0.3, -0.25) is 24.6 Å². The third-order valence-corrected chi connectivity index (χ3v) is 6.79. The van der Waals surface area contributed by atoms with Crippen molar-refractivity contribution in [2.45, 2.75) is 51.8 Å². The van der Waals surface area contributed by atoms with Crippen molar-refractivity contribution >= 4 is 39.7 Å². The van der Waals surface area contributed by atoms with Crippen LogP contribution in [-0.4, -0.2) is 65.3 Å². The Bertz CT molecular complexity index is 1490. The molecule has 3 aromatic heterocycles. The average Bonchev–Trinajstić information content (AvgIpc) is 3.34. The van der Waals surface area contributed by atoms with Gasteiger partial charge in [-0.1, -0.05) is 6.58 Å². The summed E-state index contributed by atoms with van der Waals surface area (Å²) in [5, 5.41) is 18.4. The maximum Gasteiger partial charge on any atom is 0.258 e. The van der Waals surface area contributed by atoms with Crippen LogP contribution in [0, 0.1) is 6.92 Å². The Balaban J connectivity index is 1.66. The molecule has 1 fully saturated rings. The van der Waals surface area contributed by atoms with Gasteiger partial charge in [-0.05, 0) is 63.5 Å². The molecule has 0 radical (unpaired) electrons. The molecule has 10 nitrogen and oxygen atoms in total. The minimum Gasteiger partial charge on any atom is -0.391 e. The standard InChI is InChI=1S/C27H31N7O3/c1-4-24(36)32-12-6-5-7-20(16-32)34-25-21-14-29-33(15-18(3)35)23(21)9-8-22(25)30-27(34)31-26(37)19-10-11-28-17(2)13-19/h4,8-11,13-14,18,20,35H,1,5-7,12,15-16H2,2-3H3,(H,30,31,37)/t18-,20-/m1/s1. The Kier molecular flexibility index (Phi) is 6.75. The zero-order chi connectivity index (χ0) is 26.1. The van der Waals surface area contributed by atoms with Gasteiger partial charge in [-0.15, -0.1) is 0 Å². The third kappa shape index (κ3) is 4.84. The van der Waals surface area contributed by atoms with Gasteiger partial charge in [-0.25, -0.2) is 4.98 Å². The predicted octanol–water partition coefficient (Wildman–Crippen LogP) is 3.46. The van der Waals surface area contributed by atoms with Gasteiger partial charge in [0.15, 0.2) is 0 Å². The molecule has 1 aromatic carbocycles. The quantitative estimate of drug-likeness (QED) is 0.391. The normalized spacial score (nSPS) is 17.1. The number of anilines is 1. The SMILES string of the molecule is C=CC(=O)N1CCCC[C@@H](n2c(NC(=O)c3ccnc(C)c3)nc3ccc4c(cnn4C[C@@H](C)O)c32)C1. The Morgan fingerprint density at radius 1 is 1.30 bits per heavy atom. The van der Waals surface area contributed by atoms with Crippen LogP contribution in [0.3, 0.4) is 0 Å². The molecule has 1 aliphatic rings. The first-order valence-corrected chi connectivity index (χ1v) is 12.6. The fraction of sp³-hybridized carbons (Fsp3) is 0.370. The van der Waals surface area contributed by atoms with E-state index < -0.39 is 6.10 Å². The highest BCUT2D eigenvalue weighted by molar-refractivity contribution is 6.07. The number of amides is 2. The first-order chi connectivity index (χ1) is 17.9. The van der Waals surface area contributed by atoms with Gasteiger partial charge in [0, 0.05) is 35.9 Å². The van der Waals surface area contributed by atoms with Gasteiger partial charge in [0.2, 0.25) is 11.9 Å². The van der Waals surface area contributed by atoms with Crippen molar-refractivity contribution in [2.24, 2.45) is 0 Å². The lowest BCUT2D eigenvalue weighted by molar-refractivity contribution is -0.126. The van der Waals surface area contributed by atoms with Gasteiger partial charge >= 0.3 is 0 Å². The molecule has 0 unspecified atom stereocenters. The van der Waals surface area contributed by atoms with Crippen molar-refractivity contribution in [2.75, 3.05) is 18.4 Å². The van der Waals surface area contributed by atoms with Crippen LogP contribution in [0.1, 0.15) is 48.3 Å². The Morgan fingerprint density at radius 2 is 2.14 bits per heavy atom. The molecule has 0 saturated carbocycles. The van der Waals surface area contributed by atoms with E-state index in [0.29, 0.717) is 31.1 Å². The number of aliphatic hydroxyl groups excluding tert-OH is 1. The monoisotopic (exact) mass is 501 g/mol. The zero-order valence-electron chi connectivity index (χ0n) is 21.1. The van der Waals surface area contributed by atoms with Crippen LogP contribution < -0.4 is 5.32 Å². The number of fused-ring (bicyclic) bond motifs is 3. The highest BCUT2D eigenvalue weighted by Crippen LogP contribution is 2.34. The number of nitrogens with zero attached hydrogens (tertiary/aromatic N) is 6. The van der Waals surface area contributed by atoms with Crippen molar-refractivity contribution in [3.8, 4) is 0 Å². The van der Waals surface area contributed by atoms with Gasteiger partial charge in [0.05, 0.1) is 41.4 Å². The average molecular weight is 502 g/mol. The number of carbonyl (C=O) groups excluding carboxylic acids is 2. The summed E-state index contributed by atoms with van der Waals surface area (Å²) in [5.41, 5.74) is 3.66. The van der Waals surface area contributed by atoms with Crippen molar-refractivity contribution in [3.63, 3.8) is 0 Å². The maximum absolute atomic E-state index is 13.2. The topological polar surface area (TPSA) is 118 Å². The molecule has 1 aliphatic heterocycles. The van der Waals surface area contributed by atoms with E-state index in [4.69, 9.17) is 4.98 Å². The molecular formula is C27H31N7O3. The fourth-order valence-electron chi connectivity index (χ4n) is 5.10. The number of hydrogen-bond donors (Lipinski definition) is 2. The summed E-state index contributed by atoms with van der Waals surface area (Å²) >= 11 is 0. The van der Waals surface area contributed by atoms with E-state index in [-0.39, 0.29) is 17.9 Å². The van der Waals surface area contributed by atoms with Crippen LogP contribution in [-0.2, 0) is 11.3 Å². The number of pyridine rings is 1. The molecule has 4 heterocycles. The number of likely N-dealkylation sites (tertiary alicyclic amines) is 1. The largest absolute Gasteiger partial charge is 0.391 e. The summed E-state index contributed by atoms with van der Waals surface area (Å²) in [4.78, 5) is 36.6. The summed E-state index contributed by atoms with van der Waals surface area (Å²) in [7, 11) is 0. The Hall–Kier alpha value is -4.05. The fourth-order valence-corrected chi connectivity index (χ4v) is 5.10. The van der Waals surface area contributed by atoms with Gasteiger partial charge in [0.25, 0.3) is 5.91 Å². The van der Waals surface area contributed by atoms with E-state index in [9.17, 15) is 14.7 Å². The number of imidazole rings is 1. The number of rotatable bonds is 6. The minimum absolute atomic E-state index is 0.107. The van der Waals surface area contributed by atoms with E-state index in [2.05, 4.69) is 22.0 Å². The molecule has 1 saturated heterocycles. The summed E-state index contributed by atoms with van der Waals surface area (Å²) < 4.78 is 3.82. The molecule has 2 amide bonds. The molecular weight excluding hydrogens is 470 g/mol. The van der Waals surface area contributed by atoms with Crippen molar-refractivity contribution in [3.05, 3.63) is 60.6 Å². The lowest BCUT2D eigenvalue weighted by Crippen LogP contribution is -2.34. The van der Waals surface area contributed by atoms with Crippen LogP contribution in [0.4, 0.5) is 5.95 Å². The van der Waals surface area contributed by atoms with E-state index in [0.717, 1.165) is 46.9 Å². The minimum atomic E-state index is -0.553. The summed E-state index contributed by atoms with van der Waals surface area (Å²) in [6.07, 6.45) is 6.82. The van der Waals surface area contributed by atoms with Crippen LogP contribution in [0.15, 0.2) is 49.3 Å². The number of benzene rings is 1. The maximum atomic E-state index is 13.2. The first-order valence-electron chi connectivity index (χ1n) is 12.6. The van der Waals surface area contributed by atoms with E-state index in [1.165, 1.54) is 6.08 Å². The Labute approximate surface area is 214 Å². The second-order valence-corrected chi connectivity index (χ2v) is 9.63. The van der Waals surface area contributed by atoms with Gasteiger partial charge in [-0.2, -0.15) is 5.10 Å². The number of carbonyl (C=O) groups is 2. The number of hydrogen-bond acceptors (Lipinski definition) is 6. The molecule has 0 spiro atoms. The highest BCUT2D eigenvalue weighted by Gasteiger charge is 2.28. The first kappa shape index (κ1) is 24.6. The van der Waals surface area contributed by atoms with Gasteiger partial charge in [0.1, 0.15) is 0 Å². The summed E-state index contributed by atoms with van der Waals surface area (Å²) in [6, 6.07) is 7.13. The molecule has 10 heteroatoms. The van der Waals surface area contributed by atoms with Crippen molar-refractivity contribution in [1.82, 2.24) is 29.2 Å². The Morgan fingerprint density at radius 3 is 2.89 bits per heavy atom. The van der Waals surface area contributed by atoms with Crippen molar-refractivity contribution < 1.29 is 14.7 Å². The van der Waals surface area contributed by atoms with E-state index >= 15 is 0 Å². The van der Waals surface area contributed by atoms with E-state index in [1.54, 1.807) is 36.1 Å². The molecule has 4 aromatic rings. The molecule has 192 valence electrons. The van der Waals surface area contributed by atoms with Crippen LogP contribution >= 0.6 is 0 Å². The summed E-state index contributed by atoms with van der Waals surface area (Å²) in [5.74, 6) is 0.0305. The number of nitrogens with one attached hydrogen (secondary N) is 1. The molecule has 0 aliphatic carbocycles. The highest BCUT2D eigenvalue weighted by atomic mass is 16.3. The smallest absolute Gasteiger partial charge is 0.258 e. The van der Waals surface area contributed by atoms with Crippen LogP contribution in [0.2, 0.25) is 0 Å². The number of aliphatic hydroxyl groups is 1. The van der Waals surface area contributed by atoms with Crippen molar-refractivity contribution in [1.29, 1.82) is 0 Å². The molecule has 2 N–H and O–H groups in total. The van der Waals surface area contributed by atoms with E-state index in [1.807, 2.05) is 28.5 Å². The lowest BCUT2D eigenvalue weighted by Gasteiger charge is -2.26. The number of aromatic nitrogens is 5. The molecule has 2 atom stereocenters. The molecule has 0 bridgehead atoms. The molecule has 37 heavy (non-hydrogen) atoms. The number of aryl methyl sites for hydroxylation is 1. The van der Waals surface area contributed by atoms with Crippen LogP contribution in [0.25, 0.3) is 21.9 Å². The van der Waals surface area contributed by atoms with Crippen LogP contribution in [0.5, 0.6) is 0 Å². The predicted molar refractivity (Wildman–Crippen MR) is 141 cm³/mol. The lowest BCUT2D eigenvalue weighted by atomic mass is 10.1.